The van der Waals surface area contributed by atoms with Crippen LogP contribution in [0.1, 0.15) is 55.8 Å². The summed E-state index contributed by atoms with van der Waals surface area (Å²) in [5.74, 6) is 0.338. The second-order valence-electron chi connectivity index (χ2n) is 14.8. The third-order valence-corrected chi connectivity index (χ3v) is 11.1. The molecule has 13 nitrogen and oxygen atoms in total. The van der Waals surface area contributed by atoms with Crippen molar-refractivity contribution in [2.75, 3.05) is 47.8 Å². The number of rotatable bonds is 9. The molecule has 0 bridgehead atoms. The molecule has 2 aliphatic rings. The topological polar surface area (TPSA) is 185 Å². The fraction of sp³-hybridized carbons (Fsp3) is 0.319. The van der Waals surface area contributed by atoms with Crippen LogP contribution >= 0.6 is 23.2 Å². The monoisotopic (exact) mass is 884 g/mol. The quantitative estimate of drug-likeness (QED) is 0.0888. The molecule has 4 aromatic carbocycles. The number of amides is 1. The number of hydrogen-bond acceptors (Lipinski definition) is 12. The summed E-state index contributed by atoms with van der Waals surface area (Å²) in [6.07, 6.45) is 4.86. The Labute approximate surface area is 370 Å². The van der Waals surface area contributed by atoms with Crippen LogP contribution in [0.3, 0.4) is 0 Å². The SMILES string of the molecule is COC(=O)c1cc(Cc2ccc(Cl)nc2)c2ccccc2c1OC.COc1c(C(=O)N[C@H]2CCOC[C@@H]2O)cc(Cc2ccc(Cl)nc2)c2ccccc12.N[C@H]1CCOC[C@@H]1O. The molecule has 0 aliphatic carbocycles. The number of carbonyl (C=O) groups excluding carboxylic acids is 2. The molecule has 0 unspecified atom stereocenters. The van der Waals surface area contributed by atoms with E-state index >= 15 is 0 Å². The van der Waals surface area contributed by atoms with Crippen molar-refractivity contribution in [1.82, 2.24) is 15.3 Å². The molecule has 0 radical (unpaired) electrons. The van der Waals surface area contributed by atoms with Crippen molar-refractivity contribution in [3.63, 3.8) is 0 Å². The van der Waals surface area contributed by atoms with Gasteiger partial charge in [0.25, 0.3) is 5.91 Å². The van der Waals surface area contributed by atoms with E-state index in [0.717, 1.165) is 50.2 Å². The number of halogens is 2. The lowest BCUT2D eigenvalue weighted by molar-refractivity contribution is -0.0261. The van der Waals surface area contributed by atoms with Crippen molar-refractivity contribution in [3.05, 3.63) is 141 Å². The molecule has 0 spiro atoms. The van der Waals surface area contributed by atoms with E-state index < -0.39 is 18.2 Å². The van der Waals surface area contributed by atoms with Gasteiger partial charge in [0, 0.05) is 42.4 Å². The number of fused-ring (bicyclic) bond motifs is 2. The van der Waals surface area contributed by atoms with Gasteiger partial charge in [-0.25, -0.2) is 14.8 Å². The molecule has 2 aliphatic heterocycles. The Morgan fingerprint density at radius 2 is 1.19 bits per heavy atom. The lowest BCUT2D eigenvalue weighted by Crippen LogP contribution is -2.48. The Kier molecular flexibility index (Phi) is 16.5. The molecular formula is C47H50Cl2N4O9. The Bertz CT molecular complexity index is 2440. The summed E-state index contributed by atoms with van der Waals surface area (Å²) in [6, 6.07) is 26.3. The molecule has 2 aromatic heterocycles. The van der Waals surface area contributed by atoms with Crippen LogP contribution < -0.4 is 20.5 Å². The third-order valence-electron chi connectivity index (χ3n) is 10.6. The smallest absolute Gasteiger partial charge is 0.341 e. The first kappa shape index (κ1) is 46.1. The van der Waals surface area contributed by atoms with Gasteiger partial charge in [0.1, 0.15) is 27.4 Å². The number of nitrogens with two attached hydrogens (primary N) is 1. The highest BCUT2D eigenvalue weighted by Crippen LogP contribution is 2.35. The highest BCUT2D eigenvalue weighted by molar-refractivity contribution is 6.29. The number of nitrogens with zero attached hydrogens (tertiary/aromatic N) is 2. The number of aliphatic hydroxyl groups excluding tert-OH is 2. The number of esters is 1. The standard InChI is InChI=1S/C23H23ClN2O4.C19H16ClNO3.C5H11NO2/c1-29-22-17-5-3-2-4-16(17)15(10-14-6-7-21(24)25-12-14)11-18(22)23(28)26-19-8-9-30-13-20(19)27;1-23-18-15-6-4-3-5-14(15)13(10-16(18)19(22)24-2)9-12-7-8-17(20)21-11-12;6-4-1-2-8-3-5(4)7/h2-7,11-12,19-20,27H,8-10,13H2,1H3,(H,26,28);3-8,10-11H,9H2,1-2H3;4-5,7H,1-3,6H2/t19-,20-;;4-,5-/m0.0/s1. The lowest BCUT2D eigenvalue weighted by Gasteiger charge is -2.28. The molecule has 2 saturated heterocycles. The maximum atomic E-state index is 13.2. The molecule has 8 rings (SSSR count). The molecule has 1 amide bonds. The fourth-order valence-electron chi connectivity index (χ4n) is 7.35. The van der Waals surface area contributed by atoms with Crippen LogP contribution in [0.15, 0.2) is 97.3 Å². The highest BCUT2D eigenvalue weighted by atomic mass is 35.5. The molecule has 0 saturated carbocycles. The van der Waals surface area contributed by atoms with E-state index in [9.17, 15) is 14.7 Å². The van der Waals surface area contributed by atoms with Crippen LogP contribution in [-0.4, -0.2) is 104 Å². The van der Waals surface area contributed by atoms with Gasteiger partial charge in [-0.2, -0.15) is 0 Å². The zero-order valence-corrected chi connectivity index (χ0v) is 36.2. The van der Waals surface area contributed by atoms with Crippen molar-refractivity contribution in [2.24, 2.45) is 5.73 Å². The Balaban J connectivity index is 0.000000178. The molecule has 6 aromatic rings. The van der Waals surface area contributed by atoms with Gasteiger partial charge >= 0.3 is 5.97 Å². The molecule has 2 fully saturated rings. The van der Waals surface area contributed by atoms with E-state index in [1.807, 2.05) is 72.8 Å². The van der Waals surface area contributed by atoms with Gasteiger partial charge in [0.2, 0.25) is 0 Å². The second kappa shape index (κ2) is 22.1. The molecule has 326 valence electrons. The van der Waals surface area contributed by atoms with E-state index in [2.05, 4.69) is 15.3 Å². The highest BCUT2D eigenvalue weighted by Gasteiger charge is 2.28. The summed E-state index contributed by atoms with van der Waals surface area (Å²) in [5, 5.41) is 26.7. The predicted octanol–water partition coefficient (Wildman–Crippen LogP) is 6.74. The first-order valence-corrected chi connectivity index (χ1v) is 20.8. The minimum absolute atomic E-state index is 0.0660. The number of pyridine rings is 2. The van der Waals surface area contributed by atoms with Crippen molar-refractivity contribution in [1.29, 1.82) is 0 Å². The first-order valence-electron chi connectivity index (χ1n) is 20.1. The van der Waals surface area contributed by atoms with Crippen LogP contribution in [0.25, 0.3) is 21.5 Å². The van der Waals surface area contributed by atoms with Gasteiger partial charge in [0.15, 0.2) is 0 Å². The zero-order chi connectivity index (χ0) is 44.2. The summed E-state index contributed by atoms with van der Waals surface area (Å²) in [5.41, 5.74) is 10.3. The molecule has 5 N–H and O–H groups in total. The van der Waals surface area contributed by atoms with E-state index in [4.69, 9.17) is 57.7 Å². The van der Waals surface area contributed by atoms with Crippen molar-refractivity contribution in [3.8, 4) is 11.5 Å². The van der Waals surface area contributed by atoms with Crippen LogP contribution in [0.4, 0.5) is 0 Å². The number of carbonyl (C=O) groups is 2. The minimum atomic E-state index is -0.728. The van der Waals surface area contributed by atoms with Gasteiger partial charge in [-0.1, -0.05) is 83.9 Å². The average molecular weight is 886 g/mol. The van der Waals surface area contributed by atoms with Crippen molar-refractivity contribution < 1.29 is 43.5 Å². The van der Waals surface area contributed by atoms with Crippen LogP contribution in [0, 0.1) is 0 Å². The van der Waals surface area contributed by atoms with Crippen molar-refractivity contribution >= 4 is 56.6 Å². The lowest BCUT2D eigenvalue weighted by atomic mass is 9.94. The van der Waals surface area contributed by atoms with E-state index in [1.54, 1.807) is 38.7 Å². The number of ether oxygens (including phenoxy) is 5. The molecule has 62 heavy (non-hydrogen) atoms. The summed E-state index contributed by atoms with van der Waals surface area (Å²) in [7, 11) is 4.47. The summed E-state index contributed by atoms with van der Waals surface area (Å²) in [4.78, 5) is 33.6. The minimum Gasteiger partial charge on any atom is -0.495 e. The maximum Gasteiger partial charge on any atom is 0.341 e. The zero-order valence-electron chi connectivity index (χ0n) is 34.7. The number of methoxy groups -OCH3 is 3. The average Bonchev–Trinajstić information content (AvgIpc) is 3.29. The maximum absolute atomic E-state index is 13.2. The third kappa shape index (κ3) is 11.5. The molecule has 4 heterocycles. The molecular weight excluding hydrogens is 835 g/mol. The van der Waals surface area contributed by atoms with E-state index in [0.29, 0.717) is 72.0 Å². The van der Waals surface area contributed by atoms with Crippen molar-refractivity contribution in [2.45, 2.75) is 50.0 Å². The number of aromatic nitrogens is 2. The van der Waals surface area contributed by atoms with E-state index in [-0.39, 0.29) is 24.6 Å². The van der Waals surface area contributed by atoms with Gasteiger partial charge in [-0.3, -0.25) is 4.79 Å². The summed E-state index contributed by atoms with van der Waals surface area (Å²) < 4.78 is 26.2. The first-order chi connectivity index (χ1) is 30.0. The number of nitrogens with one attached hydrogen (secondary N) is 1. The molecule has 15 heteroatoms. The summed E-state index contributed by atoms with van der Waals surface area (Å²) in [6.45, 7) is 1.82. The van der Waals surface area contributed by atoms with Gasteiger partial charge in [-0.15, -0.1) is 0 Å². The van der Waals surface area contributed by atoms with Crippen LogP contribution in [-0.2, 0) is 27.1 Å². The van der Waals surface area contributed by atoms with Gasteiger partial charge in [0.05, 0.1) is 58.4 Å². The number of hydrogen-bond donors (Lipinski definition) is 4. The Morgan fingerprint density at radius 1 is 0.710 bits per heavy atom. The van der Waals surface area contributed by atoms with Crippen LogP contribution in [0.2, 0.25) is 10.3 Å². The molecule has 4 atom stereocenters. The Hall–Kier alpha value is -5.38. The normalized spacial score (nSPS) is 18.4. The van der Waals surface area contributed by atoms with Gasteiger partial charge in [-0.05, 0) is 83.0 Å². The number of benzene rings is 4. The summed E-state index contributed by atoms with van der Waals surface area (Å²) >= 11 is 11.8. The van der Waals surface area contributed by atoms with Gasteiger partial charge < -0.3 is 44.9 Å². The fourth-order valence-corrected chi connectivity index (χ4v) is 7.57. The second-order valence-corrected chi connectivity index (χ2v) is 15.5. The number of aliphatic hydroxyl groups is 2. The van der Waals surface area contributed by atoms with Crippen LogP contribution in [0.5, 0.6) is 11.5 Å². The Morgan fingerprint density at radius 3 is 1.63 bits per heavy atom. The largest absolute Gasteiger partial charge is 0.495 e. The predicted molar refractivity (Wildman–Crippen MR) is 239 cm³/mol. The van der Waals surface area contributed by atoms with E-state index in [1.165, 1.54) is 7.11 Å².